The fourth-order valence-electron chi connectivity index (χ4n) is 3.87. The van der Waals surface area contributed by atoms with Gasteiger partial charge >= 0.3 is 5.63 Å². The number of nitrogens with zero attached hydrogens (tertiary/aromatic N) is 1. The second kappa shape index (κ2) is 7.44. The number of fused-ring (bicyclic) bond motifs is 2. The van der Waals surface area contributed by atoms with Crippen molar-refractivity contribution in [3.8, 4) is 17.2 Å². The van der Waals surface area contributed by atoms with E-state index in [9.17, 15) is 4.79 Å². The van der Waals surface area contributed by atoms with E-state index in [1.54, 1.807) is 21.1 Å². The van der Waals surface area contributed by atoms with Gasteiger partial charge in [0.05, 0.1) is 14.2 Å². The van der Waals surface area contributed by atoms with Crippen LogP contribution in [0.15, 0.2) is 33.5 Å². The first-order valence-electron chi connectivity index (χ1n) is 9.55. The van der Waals surface area contributed by atoms with E-state index in [0.717, 1.165) is 51.4 Å². The Labute approximate surface area is 169 Å². The van der Waals surface area contributed by atoms with Gasteiger partial charge in [0.15, 0.2) is 0 Å². The maximum absolute atomic E-state index is 12.1. The Balaban J connectivity index is 1.68. The minimum absolute atomic E-state index is 0.290. The van der Waals surface area contributed by atoms with E-state index < -0.39 is 0 Å². The molecule has 0 unspecified atom stereocenters. The normalized spacial score (nSPS) is 13.8. The molecular formula is C23H25NO5. The van der Waals surface area contributed by atoms with Gasteiger partial charge in [-0.25, -0.2) is 4.79 Å². The average Bonchev–Trinajstić information content (AvgIpc) is 2.73. The van der Waals surface area contributed by atoms with Crippen LogP contribution in [-0.2, 0) is 13.1 Å². The van der Waals surface area contributed by atoms with Crippen LogP contribution in [0, 0.1) is 20.8 Å². The molecule has 0 fully saturated rings. The van der Waals surface area contributed by atoms with Crippen LogP contribution in [0.25, 0.3) is 11.0 Å². The van der Waals surface area contributed by atoms with Gasteiger partial charge in [0.1, 0.15) is 29.6 Å². The minimum Gasteiger partial charge on any atom is -0.497 e. The second-order valence-corrected chi connectivity index (χ2v) is 7.44. The van der Waals surface area contributed by atoms with E-state index in [0.29, 0.717) is 24.4 Å². The molecule has 3 aromatic rings. The molecule has 6 heteroatoms. The number of ether oxygens (including phenoxy) is 3. The lowest BCUT2D eigenvalue weighted by molar-refractivity contribution is 0.0873. The molecule has 0 saturated heterocycles. The van der Waals surface area contributed by atoms with Crippen LogP contribution in [0.3, 0.4) is 0 Å². The van der Waals surface area contributed by atoms with Crippen molar-refractivity contribution in [2.45, 2.75) is 33.9 Å². The van der Waals surface area contributed by atoms with Crippen LogP contribution < -0.4 is 19.8 Å². The van der Waals surface area contributed by atoms with Crippen molar-refractivity contribution in [1.29, 1.82) is 0 Å². The lowest BCUT2D eigenvalue weighted by atomic mass is 9.99. The molecule has 0 bridgehead atoms. The Kier molecular flexibility index (Phi) is 4.96. The first-order chi connectivity index (χ1) is 13.9. The highest BCUT2D eigenvalue weighted by Crippen LogP contribution is 2.37. The van der Waals surface area contributed by atoms with Gasteiger partial charge in [-0.1, -0.05) is 6.07 Å². The zero-order valence-electron chi connectivity index (χ0n) is 17.4. The summed E-state index contributed by atoms with van der Waals surface area (Å²) in [6, 6.07) is 7.92. The van der Waals surface area contributed by atoms with Gasteiger partial charge in [0, 0.05) is 46.8 Å². The molecular weight excluding hydrogens is 370 g/mol. The molecule has 1 aliphatic rings. The van der Waals surface area contributed by atoms with Gasteiger partial charge in [-0.15, -0.1) is 0 Å². The van der Waals surface area contributed by atoms with E-state index in [2.05, 4.69) is 11.0 Å². The Morgan fingerprint density at radius 3 is 2.55 bits per heavy atom. The molecule has 0 aliphatic carbocycles. The molecule has 6 nitrogen and oxygen atoms in total. The summed E-state index contributed by atoms with van der Waals surface area (Å²) in [5.41, 5.74) is 4.95. The standard InChI is InChI=1S/C23H25NO5/c1-13-14(2)23(25)29-22-15(3)21-17(8-19(13)22)11-24(12-28-21)10-16-6-7-18(26-4)9-20(16)27-5/h6-9H,10-12H2,1-5H3. The Morgan fingerprint density at radius 2 is 1.83 bits per heavy atom. The molecule has 2 aromatic carbocycles. The summed E-state index contributed by atoms with van der Waals surface area (Å²) in [7, 11) is 3.30. The highest BCUT2D eigenvalue weighted by atomic mass is 16.5. The summed E-state index contributed by atoms with van der Waals surface area (Å²) in [5, 5.41) is 0.964. The Hall–Kier alpha value is -2.99. The third-order valence-corrected chi connectivity index (χ3v) is 5.68. The number of benzene rings is 2. The molecule has 0 saturated carbocycles. The summed E-state index contributed by atoms with van der Waals surface area (Å²) < 4.78 is 22.4. The third-order valence-electron chi connectivity index (χ3n) is 5.68. The molecule has 29 heavy (non-hydrogen) atoms. The summed E-state index contributed by atoms with van der Waals surface area (Å²) in [5.74, 6) is 2.36. The van der Waals surface area contributed by atoms with Crippen LogP contribution >= 0.6 is 0 Å². The molecule has 0 radical (unpaired) electrons. The van der Waals surface area contributed by atoms with Gasteiger partial charge in [-0.3, -0.25) is 4.90 Å². The SMILES string of the molecule is COc1ccc(CN2COc3c(cc4c(C)c(C)c(=O)oc4c3C)C2)c(OC)c1. The lowest BCUT2D eigenvalue weighted by Crippen LogP contribution is -2.32. The van der Waals surface area contributed by atoms with Gasteiger partial charge in [-0.2, -0.15) is 0 Å². The number of aryl methyl sites for hydroxylation is 2. The van der Waals surface area contributed by atoms with Crippen LogP contribution in [0.4, 0.5) is 0 Å². The predicted octanol–water partition coefficient (Wildman–Crippen LogP) is 4.09. The molecule has 0 atom stereocenters. The zero-order chi connectivity index (χ0) is 20.7. The van der Waals surface area contributed by atoms with Crippen LogP contribution in [0.5, 0.6) is 17.2 Å². The van der Waals surface area contributed by atoms with Gasteiger partial charge in [0.2, 0.25) is 0 Å². The van der Waals surface area contributed by atoms with Gasteiger partial charge in [0.25, 0.3) is 0 Å². The number of rotatable bonds is 4. The second-order valence-electron chi connectivity index (χ2n) is 7.44. The van der Waals surface area contributed by atoms with Crippen molar-refractivity contribution in [2.75, 3.05) is 21.0 Å². The summed E-state index contributed by atoms with van der Waals surface area (Å²) in [4.78, 5) is 14.3. The molecule has 2 heterocycles. The van der Waals surface area contributed by atoms with Crippen LogP contribution in [0.1, 0.15) is 27.8 Å². The minimum atomic E-state index is -0.290. The Morgan fingerprint density at radius 1 is 1.03 bits per heavy atom. The zero-order valence-corrected chi connectivity index (χ0v) is 17.4. The topological polar surface area (TPSA) is 61.1 Å². The third kappa shape index (κ3) is 3.34. The fraction of sp³-hybridized carbons (Fsp3) is 0.348. The average molecular weight is 395 g/mol. The highest BCUT2D eigenvalue weighted by Gasteiger charge is 2.24. The van der Waals surface area contributed by atoms with E-state index in [1.807, 2.05) is 32.0 Å². The van der Waals surface area contributed by atoms with Gasteiger partial charge in [-0.05, 0) is 38.5 Å². The first kappa shape index (κ1) is 19.3. The molecule has 1 aliphatic heterocycles. The maximum atomic E-state index is 12.1. The molecule has 4 rings (SSSR count). The van der Waals surface area contributed by atoms with Crippen molar-refractivity contribution >= 4 is 11.0 Å². The fourth-order valence-corrected chi connectivity index (χ4v) is 3.87. The molecule has 152 valence electrons. The van der Waals surface area contributed by atoms with Crippen molar-refractivity contribution in [3.05, 3.63) is 62.5 Å². The quantitative estimate of drug-likeness (QED) is 0.620. The highest BCUT2D eigenvalue weighted by molar-refractivity contribution is 5.87. The molecule has 0 spiro atoms. The largest absolute Gasteiger partial charge is 0.497 e. The summed E-state index contributed by atoms with van der Waals surface area (Å²) in [6.45, 7) is 7.58. The molecule has 0 amide bonds. The maximum Gasteiger partial charge on any atom is 0.339 e. The number of hydrogen-bond acceptors (Lipinski definition) is 6. The summed E-state index contributed by atoms with van der Waals surface area (Å²) in [6.07, 6.45) is 0. The van der Waals surface area contributed by atoms with Crippen molar-refractivity contribution in [2.24, 2.45) is 0 Å². The first-order valence-corrected chi connectivity index (χ1v) is 9.55. The lowest BCUT2D eigenvalue weighted by Gasteiger charge is -2.30. The van der Waals surface area contributed by atoms with Crippen molar-refractivity contribution in [3.63, 3.8) is 0 Å². The molecule has 0 N–H and O–H groups in total. The van der Waals surface area contributed by atoms with Crippen molar-refractivity contribution in [1.82, 2.24) is 4.90 Å². The van der Waals surface area contributed by atoms with Crippen LogP contribution in [-0.4, -0.2) is 25.9 Å². The van der Waals surface area contributed by atoms with E-state index in [4.69, 9.17) is 18.6 Å². The smallest absolute Gasteiger partial charge is 0.339 e. The number of hydrogen-bond donors (Lipinski definition) is 0. The predicted molar refractivity (Wildman–Crippen MR) is 111 cm³/mol. The van der Waals surface area contributed by atoms with Gasteiger partial charge < -0.3 is 18.6 Å². The molecule has 1 aromatic heterocycles. The Bertz CT molecular complexity index is 1150. The monoisotopic (exact) mass is 395 g/mol. The van der Waals surface area contributed by atoms with E-state index in [1.165, 1.54) is 0 Å². The van der Waals surface area contributed by atoms with E-state index >= 15 is 0 Å². The number of methoxy groups -OCH3 is 2. The van der Waals surface area contributed by atoms with E-state index in [-0.39, 0.29) is 5.63 Å². The summed E-state index contributed by atoms with van der Waals surface area (Å²) >= 11 is 0. The van der Waals surface area contributed by atoms with Crippen molar-refractivity contribution < 1.29 is 18.6 Å². The van der Waals surface area contributed by atoms with Crippen LogP contribution in [0.2, 0.25) is 0 Å².